The zero-order valence-electron chi connectivity index (χ0n) is 20.9. The van der Waals surface area contributed by atoms with Crippen molar-refractivity contribution in [3.63, 3.8) is 0 Å². The molecule has 14 nitrogen and oxygen atoms in total. The lowest BCUT2D eigenvalue weighted by Crippen LogP contribution is -2.58. The lowest BCUT2D eigenvalue weighted by Gasteiger charge is -2.26. The van der Waals surface area contributed by atoms with Crippen molar-refractivity contribution in [2.45, 2.75) is 50.9 Å². The third kappa shape index (κ3) is 7.83. The smallest absolute Gasteiger partial charge is 0.287 e. The summed E-state index contributed by atoms with van der Waals surface area (Å²) in [6.45, 7) is 5.31. The highest BCUT2D eigenvalue weighted by molar-refractivity contribution is 6.00. The number of Topliss-reactive ketones (excluding diaryl/α,β-unsaturated/α-hetero) is 1. The van der Waals surface area contributed by atoms with Gasteiger partial charge in [0.05, 0.1) is 25.9 Å². The minimum absolute atomic E-state index is 0.102. The van der Waals surface area contributed by atoms with Crippen LogP contribution in [0.15, 0.2) is 10.6 Å². The number of carbonyl (C=O) groups is 5. The van der Waals surface area contributed by atoms with Crippen molar-refractivity contribution in [1.29, 1.82) is 0 Å². The first-order valence-corrected chi connectivity index (χ1v) is 11.3. The lowest BCUT2D eigenvalue weighted by atomic mass is 9.93. The Hall–Kier alpha value is -3.36. The zero-order chi connectivity index (χ0) is 27.0. The summed E-state index contributed by atoms with van der Waals surface area (Å²) in [7, 11) is 2.66. The van der Waals surface area contributed by atoms with Crippen molar-refractivity contribution in [2.75, 3.05) is 34.0 Å². The minimum atomic E-state index is -1.24. The Labute approximate surface area is 207 Å². The molecule has 0 saturated carbocycles. The molecule has 0 aromatic carbocycles. The number of rotatable bonds is 15. The summed E-state index contributed by atoms with van der Waals surface area (Å²) >= 11 is 0. The number of primary amides is 1. The van der Waals surface area contributed by atoms with Crippen molar-refractivity contribution in [3.05, 3.63) is 17.5 Å². The van der Waals surface area contributed by atoms with Gasteiger partial charge in [0, 0.05) is 20.3 Å². The molecule has 1 aliphatic heterocycles. The van der Waals surface area contributed by atoms with E-state index in [1.54, 1.807) is 6.92 Å². The molecule has 1 fully saturated rings. The maximum Gasteiger partial charge on any atom is 0.287 e. The second-order valence-electron chi connectivity index (χ2n) is 9.01. The Morgan fingerprint density at radius 2 is 1.56 bits per heavy atom. The first-order chi connectivity index (χ1) is 16.9. The number of ketones is 1. The van der Waals surface area contributed by atoms with Gasteiger partial charge in [0.15, 0.2) is 11.5 Å². The highest BCUT2D eigenvalue weighted by Crippen LogP contribution is 2.29. The number of amides is 4. The van der Waals surface area contributed by atoms with Crippen molar-refractivity contribution >= 4 is 29.4 Å². The van der Waals surface area contributed by atoms with Crippen LogP contribution in [0.2, 0.25) is 0 Å². The van der Waals surface area contributed by atoms with Crippen LogP contribution in [0.4, 0.5) is 0 Å². The zero-order valence-corrected chi connectivity index (χ0v) is 20.9. The number of ether oxygens (including phenoxy) is 3. The second-order valence-corrected chi connectivity index (χ2v) is 9.01. The molecule has 2 heterocycles. The summed E-state index contributed by atoms with van der Waals surface area (Å²) in [4.78, 5) is 62.4. The van der Waals surface area contributed by atoms with E-state index in [1.165, 1.54) is 14.2 Å². The Balaban J connectivity index is 2.10. The van der Waals surface area contributed by atoms with Crippen LogP contribution in [-0.4, -0.2) is 92.3 Å². The average Bonchev–Trinajstić information content (AvgIpc) is 3.35. The lowest BCUT2D eigenvalue weighted by molar-refractivity contribution is -0.134. The number of hydrogen-bond acceptors (Lipinski definition) is 10. The van der Waals surface area contributed by atoms with Gasteiger partial charge in [0.2, 0.25) is 17.6 Å². The van der Waals surface area contributed by atoms with Crippen LogP contribution in [0.1, 0.15) is 48.2 Å². The summed E-state index contributed by atoms with van der Waals surface area (Å²) < 4.78 is 20.0. The van der Waals surface area contributed by atoms with E-state index in [4.69, 9.17) is 19.9 Å². The Morgan fingerprint density at radius 3 is 2.00 bits per heavy atom. The van der Waals surface area contributed by atoms with Crippen LogP contribution in [0.25, 0.3) is 0 Å². The van der Waals surface area contributed by atoms with Crippen molar-refractivity contribution in [1.82, 2.24) is 21.1 Å². The third-order valence-electron chi connectivity index (χ3n) is 5.35. The number of methoxy groups -OCH3 is 2. The van der Waals surface area contributed by atoms with Gasteiger partial charge in [0.25, 0.3) is 11.8 Å². The first-order valence-electron chi connectivity index (χ1n) is 11.3. The summed E-state index contributed by atoms with van der Waals surface area (Å²) in [6.07, 6.45) is 0.379. The molecule has 2 rings (SSSR count). The van der Waals surface area contributed by atoms with E-state index in [-0.39, 0.29) is 43.0 Å². The Kier molecular flexibility index (Phi) is 10.1. The average molecular weight is 512 g/mol. The number of carbonyl (C=O) groups excluding carboxylic acids is 5. The molecule has 0 aliphatic carbocycles. The maximum absolute atomic E-state index is 13.0. The quantitative estimate of drug-likeness (QED) is 0.201. The van der Waals surface area contributed by atoms with Crippen LogP contribution in [0.3, 0.4) is 0 Å². The van der Waals surface area contributed by atoms with Crippen molar-refractivity contribution in [3.8, 4) is 0 Å². The minimum Gasteiger partial charge on any atom is -0.382 e. The molecule has 4 atom stereocenters. The third-order valence-corrected chi connectivity index (χ3v) is 5.35. The molecule has 5 N–H and O–H groups in total. The highest BCUT2D eigenvalue weighted by atomic mass is 16.6. The van der Waals surface area contributed by atoms with Crippen LogP contribution < -0.4 is 21.7 Å². The number of epoxide rings is 1. The number of hydrogen-bond donors (Lipinski definition) is 4. The topological polar surface area (TPSA) is 204 Å². The van der Waals surface area contributed by atoms with E-state index >= 15 is 0 Å². The fourth-order valence-corrected chi connectivity index (χ4v) is 3.30. The second kappa shape index (κ2) is 12.6. The Bertz CT molecular complexity index is 973. The summed E-state index contributed by atoms with van der Waals surface area (Å²) in [5.41, 5.74) is 3.86. The van der Waals surface area contributed by atoms with E-state index in [0.717, 1.165) is 6.07 Å². The predicted molar refractivity (Wildman–Crippen MR) is 123 cm³/mol. The molecular formula is C22H33N5O9. The molecule has 2 unspecified atom stereocenters. The van der Waals surface area contributed by atoms with Gasteiger partial charge in [-0.05, 0) is 19.3 Å². The standard InChI is InChI=1S/C22H33N5O9/c1-11(2)6-12(17(28)22(3)10-35-22)24-20(31)14(8-33-4)26-21(32)15(9-34-5)25-19(30)13-7-16(18(23)29)36-27-13/h7,11-12,14-15H,6,8-10H2,1-5H3,(H2,23,29)(H,24,31)(H,25,30)(H,26,32)/t12?,14-,15?,22+/m0/s1. The number of nitrogens with two attached hydrogens (primary N) is 1. The van der Waals surface area contributed by atoms with Gasteiger partial charge in [0.1, 0.15) is 17.7 Å². The van der Waals surface area contributed by atoms with Gasteiger partial charge >= 0.3 is 0 Å². The van der Waals surface area contributed by atoms with Gasteiger partial charge < -0.3 is 40.4 Å². The molecule has 1 aliphatic rings. The molecule has 14 heteroatoms. The van der Waals surface area contributed by atoms with E-state index in [2.05, 4.69) is 25.6 Å². The molecular weight excluding hydrogens is 478 g/mol. The number of aromatic nitrogens is 1. The molecule has 0 spiro atoms. The van der Waals surface area contributed by atoms with Gasteiger partial charge in [-0.3, -0.25) is 24.0 Å². The molecule has 1 aromatic rings. The summed E-state index contributed by atoms with van der Waals surface area (Å²) in [5, 5.41) is 11.0. The van der Waals surface area contributed by atoms with Crippen LogP contribution in [0.5, 0.6) is 0 Å². The SMILES string of the molecule is COCC(NC(=O)c1cc(C(N)=O)on1)C(=O)N[C@@H](COC)C(=O)NC(CC(C)C)C(=O)[C@@]1(C)CO1. The molecule has 36 heavy (non-hydrogen) atoms. The number of nitrogens with one attached hydrogen (secondary N) is 3. The monoisotopic (exact) mass is 511 g/mol. The van der Waals surface area contributed by atoms with E-state index in [0.29, 0.717) is 6.42 Å². The van der Waals surface area contributed by atoms with Crippen molar-refractivity contribution < 1.29 is 42.7 Å². The van der Waals surface area contributed by atoms with Gasteiger partial charge in [-0.2, -0.15) is 0 Å². The Morgan fingerprint density at radius 1 is 1.03 bits per heavy atom. The predicted octanol–water partition coefficient (Wildman–Crippen LogP) is -1.46. The fourth-order valence-electron chi connectivity index (χ4n) is 3.30. The van der Waals surface area contributed by atoms with E-state index in [9.17, 15) is 24.0 Å². The van der Waals surface area contributed by atoms with E-state index in [1.807, 2.05) is 13.8 Å². The normalized spacial score (nSPS) is 19.2. The summed E-state index contributed by atoms with van der Waals surface area (Å²) in [6, 6.07) is -2.21. The maximum atomic E-state index is 13.0. The van der Waals surface area contributed by atoms with Gasteiger partial charge in [-0.15, -0.1) is 0 Å². The van der Waals surface area contributed by atoms with Crippen LogP contribution in [0, 0.1) is 5.92 Å². The van der Waals surface area contributed by atoms with E-state index < -0.39 is 47.4 Å². The molecule has 1 aromatic heterocycles. The summed E-state index contributed by atoms with van der Waals surface area (Å²) in [5.74, 6) is -3.64. The molecule has 4 amide bonds. The molecule has 1 saturated heterocycles. The van der Waals surface area contributed by atoms with Crippen molar-refractivity contribution in [2.24, 2.45) is 11.7 Å². The molecule has 0 bridgehead atoms. The highest BCUT2D eigenvalue weighted by Gasteiger charge is 2.50. The largest absolute Gasteiger partial charge is 0.382 e. The first kappa shape index (κ1) is 28.9. The van der Waals surface area contributed by atoms with Gasteiger partial charge in [-0.1, -0.05) is 19.0 Å². The van der Waals surface area contributed by atoms with Crippen LogP contribution >= 0.6 is 0 Å². The molecule has 0 radical (unpaired) electrons. The molecule has 200 valence electrons. The number of nitrogens with zero attached hydrogens (tertiary/aromatic N) is 1. The van der Waals surface area contributed by atoms with Crippen LogP contribution in [-0.2, 0) is 28.6 Å². The fraction of sp³-hybridized carbons (Fsp3) is 0.636. The van der Waals surface area contributed by atoms with Gasteiger partial charge in [-0.25, -0.2) is 0 Å².